The first kappa shape index (κ1) is 32.0. The molecule has 4 aromatic rings. The van der Waals surface area contributed by atoms with Gasteiger partial charge in [0.05, 0.1) is 35.3 Å². The average Bonchev–Trinajstić information content (AvgIpc) is 3.31. The molecule has 3 atom stereocenters. The Morgan fingerprint density at radius 3 is 2.45 bits per heavy atom. The minimum absolute atomic E-state index is 0.0105. The predicted octanol–water partition coefficient (Wildman–Crippen LogP) is 6.36. The Hall–Kier alpha value is -3.38. The van der Waals surface area contributed by atoms with Crippen molar-refractivity contribution < 1.29 is 23.5 Å². The fourth-order valence-electron chi connectivity index (χ4n) is 5.34. The normalized spacial score (nSPS) is 14.7. The molecule has 2 amide bonds. The molecule has 228 valence electrons. The summed E-state index contributed by atoms with van der Waals surface area (Å²) in [4.78, 5) is 28.0. The third-order valence-electron chi connectivity index (χ3n) is 7.72. The van der Waals surface area contributed by atoms with Gasteiger partial charge in [0.15, 0.2) is 0 Å². The zero-order valence-electron chi connectivity index (χ0n) is 23.9. The number of benzene rings is 4. The molecule has 6 nitrogen and oxygen atoms in total. The highest BCUT2D eigenvalue weighted by Gasteiger charge is 2.30. The lowest BCUT2D eigenvalue weighted by Gasteiger charge is -2.27. The highest BCUT2D eigenvalue weighted by atomic mass is 127. The molecule has 1 heterocycles. The molecule has 0 saturated heterocycles. The number of carbonyl (C=O) groups is 2. The zero-order chi connectivity index (χ0) is 31.4. The minimum atomic E-state index is -1.06. The fourth-order valence-corrected chi connectivity index (χ4v) is 6.24. The molecular formula is C34H31ClF2IN3O3. The SMILES string of the molecule is CC(C(=O)N[C@@H](Cc1cc(F)cc(F)c1)[C@H](O)CNCc1cccc(I)c1)c1ccc(N2Cc3ccccc3C2=O)c(Cl)c1. The Labute approximate surface area is 273 Å². The maximum Gasteiger partial charge on any atom is 0.258 e. The van der Waals surface area contributed by atoms with Crippen molar-refractivity contribution in [2.75, 3.05) is 11.4 Å². The number of hydrogen-bond acceptors (Lipinski definition) is 4. The molecule has 44 heavy (non-hydrogen) atoms. The summed E-state index contributed by atoms with van der Waals surface area (Å²) in [7, 11) is 0. The van der Waals surface area contributed by atoms with Gasteiger partial charge in [-0.25, -0.2) is 8.78 Å². The summed E-state index contributed by atoms with van der Waals surface area (Å²) in [6.45, 7) is 2.74. The summed E-state index contributed by atoms with van der Waals surface area (Å²) in [5, 5.41) is 17.5. The van der Waals surface area contributed by atoms with Gasteiger partial charge in [-0.15, -0.1) is 0 Å². The van der Waals surface area contributed by atoms with E-state index in [2.05, 4.69) is 33.2 Å². The molecule has 0 fully saturated rings. The second-order valence-electron chi connectivity index (χ2n) is 10.9. The van der Waals surface area contributed by atoms with Crippen molar-refractivity contribution in [1.82, 2.24) is 10.6 Å². The van der Waals surface area contributed by atoms with Crippen LogP contribution < -0.4 is 15.5 Å². The number of aliphatic hydroxyl groups excluding tert-OH is 1. The number of nitrogens with one attached hydrogen (secondary N) is 2. The van der Waals surface area contributed by atoms with E-state index < -0.39 is 35.6 Å². The van der Waals surface area contributed by atoms with E-state index in [1.807, 2.05) is 42.5 Å². The van der Waals surface area contributed by atoms with E-state index >= 15 is 0 Å². The largest absolute Gasteiger partial charge is 0.390 e. The Kier molecular flexibility index (Phi) is 10.3. The molecule has 3 N–H and O–H groups in total. The lowest BCUT2D eigenvalue weighted by Crippen LogP contribution is -2.49. The molecule has 1 aliphatic rings. The zero-order valence-corrected chi connectivity index (χ0v) is 26.8. The van der Waals surface area contributed by atoms with Crippen LogP contribution >= 0.6 is 34.2 Å². The predicted molar refractivity (Wildman–Crippen MR) is 176 cm³/mol. The third kappa shape index (κ3) is 7.63. The molecule has 0 bridgehead atoms. The monoisotopic (exact) mass is 729 g/mol. The highest BCUT2D eigenvalue weighted by molar-refractivity contribution is 14.1. The van der Waals surface area contributed by atoms with Gasteiger partial charge in [0.1, 0.15) is 11.6 Å². The number of halogens is 4. The number of rotatable bonds is 11. The Bertz CT molecular complexity index is 1670. The van der Waals surface area contributed by atoms with E-state index in [1.165, 1.54) is 12.1 Å². The van der Waals surface area contributed by atoms with Gasteiger partial charge in [-0.05, 0) is 101 Å². The number of nitrogens with zero attached hydrogens (tertiary/aromatic N) is 1. The van der Waals surface area contributed by atoms with Gasteiger partial charge in [0, 0.05) is 28.3 Å². The molecule has 1 aliphatic heterocycles. The molecule has 5 rings (SSSR count). The first-order valence-corrected chi connectivity index (χ1v) is 15.6. The van der Waals surface area contributed by atoms with Crippen LogP contribution in [0, 0.1) is 15.2 Å². The van der Waals surface area contributed by atoms with Crippen LogP contribution in [-0.4, -0.2) is 35.6 Å². The van der Waals surface area contributed by atoms with E-state index in [1.54, 1.807) is 36.1 Å². The molecule has 0 radical (unpaired) electrons. The summed E-state index contributed by atoms with van der Waals surface area (Å²) in [5.74, 6) is -2.68. The van der Waals surface area contributed by atoms with Crippen LogP contribution in [-0.2, 0) is 24.3 Å². The van der Waals surface area contributed by atoms with Crippen LogP contribution in [0.2, 0.25) is 5.02 Å². The Morgan fingerprint density at radius 2 is 1.75 bits per heavy atom. The van der Waals surface area contributed by atoms with Crippen molar-refractivity contribution >= 4 is 51.7 Å². The fraction of sp³-hybridized carbons (Fsp3) is 0.235. The molecule has 0 spiro atoms. The number of hydrogen-bond donors (Lipinski definition) is 3. The Balaban J connectivity index is 1.29. The lowest BCUT2D eigenvalue weighted by atomic mass is 9.96. The average molecular weight is 730 g/mol. The van der Waals surface area contributed by atoms with Gasteiger partial charge >= 0.3 is 0 Å². The number of amides is 2. The van der Waals surface area contributed by atoms with Crippen molar-refractivity contribution in [2.24, 2.45) is 0 Å². The number of fused-ring (bicyclic) bond motifs is 1. The van der Waals surface area contributed by atoms with Crippen molar-refractivity contribution in [3.63, 3.8) is 0 Å². The van der Waals surface area contributed by atoms with Gasteiger partial charge in [-0.2, -0.15) is 0 Å². The van der Waals surface area contributed by atoms with E-state index in [4.69, 9.17) is 11.6 Å². The molecule has 10 heteroatoms. The van der Waals surface area contributed by atoms with Crippen molar-refractivity contribution in [2.45, 2.75) is 44.5 Å². The number of carbonyl (C=O) groups excluding carboxylic acids is 2. The van der Waals surface area contributed by atoms with Gasteiger partial charge in [-0.1, -0.05) is 48.0 Å². The lowest BCUT2D eigenvalue weighted by molar-refractivity contribution is -0.123. The number of anilines is 1. The summed E-state index contributed by atoms with van der Waals surface area (Å²) < 4.78 is 29.0. The summed E-state index contributed by atoms with van der Waals surface area (Å²) >= 11 is 8.86. The van der Waals surface area contributed by atoms with Gasteiger partial charge in [0.25, 0.3) is 5.91 Å². The first-order chi connectivity index (χ1) is 21.1. The van der Waals surface area contributed by atoms with Crippen molar-refractivity contribution in [3.8, 4) is 0 Å². The molecule has 0 saturated carbocycles. The number of aliphatic hydroxyl groups is 1. The van der Waals surface area contributed by atoms with Crippen molar-refractivity contribution in [1.29, 1.82) is 0 Å². The van der Waals surface area contributed by atoms with Crippen LogP contribution in [0.5, 0.6) is 0 Å². The van der Waals surface area contributed by atoms with Gasteiger partial charge < -0.3 is 20.6 Å². The molecular weight excluding hydrogens is 699 g/mol. The molecule has 0 aliphatic carbocycles. The second kappa shape index (κ2) is 14.2. The molecule has 1 unspecified atom stereocenters. The molecule has 4 aromatic carbocycles. The minimum Gasteiger partial charge on any atom is -0.390 e. The van der Waals surface area contributed by atoms with Crippen LogP contribution in [0.4, 0.5) is 14.5 Å². The van der Waals surface area contributed by atoms with Crippen LogP contribution in [0.3, 0.4) is 0 Å². The van der Waals surface area contributed by atoms with Crippen molar-refractivity contribution in [3.05, 3.63) is 133 Å². The molecule has 0 aromatic heterocycles. The summed E-state index contributed by atoms with van der Waals surface area (Å²) in [6, 6.07) is 22.7. The van der Waals surface area contributed by atoms with Gasteiger partial charge in [-0.3, -0.25) is 9.59 Å². The van der Waals surface area contributed by atoms with E-state index in [9.17, 15) is 23.5 Å². The second-order valence-corrected chi connectivity index (χ2v) is 12.6. The topological polar surface area (TPSA) is 81.7 Å². The van der Waals surface area contributed by atoms with Crippen LogP contribution in [0.25, 0.3) is 0 Å². The van der Waals surface area contributed by atoms with E-state index in [-0.39, 0.29) is 18.9 Å². The van der Waals surface area contributed by atoms with E-state index in [0.717, 1.165) is 20.8 Å². The quantitative estimate of drug-likeness (QED) is 0.157. The first-order valence-electron chi connectivity index (χ1n) is 14.2. The van der Waals surface area contributed by atoms with Crippen LogP contribution in [0.15, 0.2) is 84.9 Å². The summed E-state index contributed by atoms with van der Waals surface area (Å²) in [6.07, 6.45) is -1.05. The smallest absolute Gasteiger partial charge is 0.258 e. The maximum absolute atomic E-state index is 14.0. The maximum atomic E-state index is 14.0. The highest BCUT2D eigenvalue weighted by Crippen LogP contribution is 2.35. The van der Waals surface area contributed by atoms with E-state index in [0.29, 0.717) is 40.5 Å². The summed E-state index contributed by atoms with van der Waals surface area (Å²) in [5.41, 5.74) is 4.05. The van der Waals surface area contributed by atoms with Gasteiger partial charge in [0.2, 0.25) is 5.91 Å². The Morgan fingerprint density at radius 1 is 1.00 bits per heavy atom. The standard InChI is InChI=1S/C34H31ClF2IN3O3/c1-20(23-9-10-31(29(35)15-23)41-19-24-6-2-3-8-28(24)34(41)44)33(43)40-30(14-22-11-25(36)16-26(37)12-22)32(42)18-39-17-21-5-4-7-27(38)13-21/h2-13,15-16,20,30,32,39,42H,14,17-19H2,1H3,(H,40,43)/t20?,30-,32+/m0/s1. The van der Waals surface area contributed by atoms with Crippen LogP contribution in [0.1, 0.15) is 45.5 Å². The third-order valence-corrected chi connectivity index (χ3v) is 8.69.